The van der Waals surface area contributed by atoms with Crippen molar-refractivity contribution in [3.05, 3.63) is 53.6 Å². The number of hydrogen-bond donors (Lipinski definition) is 4. The van der Waals surface area contributed by atoms with Crippen LogP contribution in [0, 0.1) is 5.92 Å². The number of nitrogens with zero attached hydrogens (tertiary/aromatic N) is 1. The molecule has 2 aromatic carbocycles. The maximum absolute atomic E-state index is 5.68. The largest absolute Gasteiger partial charge is 0.497 e. The molecule has 4 unspecified atom stereocenters. The third kappa shape index (κ3) is 3.69. The first kappa shape index (κ1) is 18.4. The van der Waals surface area contributed by atoms with Crippen LogP contribution in [0.25, 0.3) is 11.1 Å². The van der Waals surface area contributed by atoms with Crippen LogP contribution in [0.4, 0.5) is 6.01 Å². The molecule has 0 bridgehead atoms. The first-order chi connectivity index (χ1) is 14.2. The van der Waals surface area contributed by atoms with Gasteiger partial charge in [0.25, 0.3) is 6.01 Å². The summed E-state index contributed by atoms with van der Waals surface area (Å²) in [6, 6.07) is 15.2. The maximum Gasteiger partial charge on any atom is 0.292 e. The van der Waals surface area contributed by atoms with Gasteiger partial charge < -0.3 is 14.9 Å². The fourth-order valence-electron chi connectivity index (χ4n) is 4.76. The molecule has 5 rings (SSSR count). The molecule has 29 heavy (non-hydrogen) atoms. The average molecular weight is 393 g/mol. The lowest BCUT2D eigenvalue weighted by atomic mass is 9.75. The molecule has 4 atom stereocenters. The number of aromatic nitrogens is 1. The number of nitrogen functional groups attached to an aromatic ring is 1. The van der Waals surface area contributed by atoms with Crippen LogP contribution in [0.1, 0.15) is 36.3 Å². The smallest absolute Gasteiger partial charge is 0.292 e. The third-order valence-corrected chi connectivity index (χ3v) is 6.34. The molecule has 152 valence electrons. The molecule has 1 aromatic heterocycles. The van der Waals surface area contributed by atoms with E-state index in [0.29, 0.717) is 17.9 Å². The first-order valence-electron chi connectivity index (χ1n) is 10.2. The Morgan fingerprint density at radius 3 is 2.86 bits per heavy atom. The quantitative estimate of drug-likeness (QED) is 0.529. The monoisotopic (exact) mass is 393 g/mol. The van der Waals surface area contributed by atoms with Gasteiger partial charge in [-0.25, -0.2) is 5.43 Å². The zero-order valence-electron chi connectivity index (χ0n) is 16.5. The number of nitrogens with one attached hydrogen (secondary N) is 3. The van der Waals surface area contributed by atoms with Gasteiger partial charge in [0.15, 0.2) is 5.58 Å². The second-order valence-electron chi connectivity index (χ2n) is 8.05. The van der Waals surface area contributed by atoms with Crippen LogP contribution in [-0.2, 0) is 6.54 Å². The number of fused-ring (bicyclic) bond motifs is 2. The number of methoxy groups -OCH3 is 1. The van der Waals surface area contributed by atoms with Gasteiger partial charge in [-0.3, -0.25) is 10.7 Å². The van der Waals surface area contributed by atoms with Crippen molar-refractivity contribution in [1.29, 1.82) is 0 Å². The second kappa shape index (κ2) is 7.67. The number of nitrogens with two attached hydrogens (primary N) is 1. The highest BCUT2D eigenvalue weighted by molar-refractivity contribution is 5.75. The Morgan fingerprint density at radius 1 is 1.17 bits per heavy atom. The van der Waals surface area contributed by atoms with Gasteiger partial charge in [0.1, 0.15) is 11.3 Å². The summed E-state index contributed by atoms with van der Waals surface area (Å²) in [6.07, 6.45) is 3.73. The van der Waals surface area contributed by atoms with E-state index in [1.807, 2.05) is 18.2 Å². The minimum Gasteiger partial charge on any atom is -0.497 e. The predicted octanol–water partition coefficient (Wildman–Crippen LogP) is 2.89. The molecule has 1 aliphatic carbocycles. The lowest BCUT2D eigenvalue weighted by molar-refractivity contribution is 0.260. The number of hydrazine groups is 1. The van der Waals surface area contributed by atoms with Gasteiger partial charge in [-0.2, -0.15) is 4.98 Å². The highest BCUT2D eigenvalue weighted by Gasteiger charge is 2.40. The summed E-state index contributed by atoms with van der Waals surface area (Å²) in [7, 11) is 1.69. The summed E-state index contributed by atoms with van der Waals surface area (Å²) < 4.78 is 10.6. The highest BCUT2D eigenvalue weighted by atomic mass is 16.5. The molecule has 1 saturated heterocycles. The van der Waals surface area contributed by atoms with E-state index in [-0.39, 0.29) is 12.2 Å². The zero-order valence-corrected chi connectivity index (χ0v) is 16.5. The van der Waals surface area contributed by atoms with E-state index in [1.165, 1.54) is 24.0 Å². The number of benzene rings is 2. The third-order valence-electron chi connectivity index (χ3n) is 6.34. The van der Waals surface area contributed by atoms with Gasteiger partial charge in [-0.05, 0) is 60.6 Å². The van der Waals surface area contributed by atoms with E-state index >= 15 is 0 Å². The normalized spacial score (nSPS) is 26.5. The van der Waals surface area contributed by atoms with Gasteiger partial charge in [0.05, 0.1) is 13.3 Å². The molecule has 0 radical (unpaired) electrons. The molecule has 0 amide bonds. The Morgan fingerprint density at radius 2 is 2.03 bits per heavy atom. The number of anilines is 1. The lowest BCUT2D eigenvalue weighted by Crippen LogP contribution is -2.43. The Hall–Kier alpha value is -2.61. The van der Waals surface area contributed by atoms with Crippen LogP contribution >= 0.6 is 0 Å². The van der Waals surface area contributed by atoms with E-state index < -0.39 is 0 Å². The van der Waals surface area contributed by atoms with Crippen molar-refractivity contribution in [2.24, 2.45) is 5.92 Å². The van der Waals surface area contributed by atoms with Crippen LogP contribution in [0.5, 0.6) is 5.75 Å². The van der Waals surface area contributed by atoms with Crippen molar-refractivity contribution in [2.45, 2.75) is 43.9 Å². The Labute approximate surface area is 170 Å². The predicted molar refractivity (Wildman–Crippen MR) is 112 cm³/mol. The van der Waals surface area contributed by atoms with Crippen LogP contribution in [0.2, 0.25) is 0 Å². The molecule has 1 aliphatic heterocycles. The van der Waals surface area contributed by atoms with E-state index in [2.05, 4.69) is 45.4 Å². The van der Waals surface area contributed by atoms with Gasteiger partial charge >= 0.3 is 0 Å². The molecule has 3 aromatic rings. The minimum atomic E-state index is 0.230. The summed E-state index contributed by atoms with van der Waals surface area (Å²) in [6.45, 7) is 0.834. The first-order valence-corrected chi connectivity index (χ1v) is 10.2. The van der Waals surface area contributed by atoms with Crippen molar-refractivity contribution in [3.63, 3.8) is 0 Å². The van der Waals surface area contributed by atoms with Crippen molar-refractivity contribution in [3.8, 4) is 5.75 Å². The minimum absolute atomic E-state index is 0.230. The van der Waals surface area contributed by atoms with E-state index in [4.69, 9.17) is 14.9 Å². The Balaban J connectivity index is 1.21. The summed E-state index contributed by atoms with van der Waals surface area (Å²) in [4.78, 5) is 4.28. The summed E-state index contributed by atoms with van der Waals surface area (Å²) >= 11 is 0. The molecule has 2 fully saturated rings. The summed E-state index contributed by atoms with van der Waals surface area (Å²) in [5, 5.41) is 3.67. The van der Waals surface area contributed by atoms with Crippen molar-refractivity contribution in [1.82, 2.24) is 21.2 Å². The van der Waals surface area contributed by atoms with Gasteiger partial charge in [0.2, 0.25) is 0 Å². The average Bonchev–Trinajstić information content (AvgIpc) is 3.33. The Bertz CT molecular complexity index is 987. The summed E-state index contributed by atoms with van der Waals surface area (Å²) in [5.74, 6) is 1.99. The molecule has 2 heterocycles. The van der Waals surface area contributed by atoms with Crippen molar-refractivity contribution < 1.29 is 9.15 Å². The van der Waals surface area contributed by atoms with Crippen molar-refractivity contribution in [2.75, 3.05) is 12.8 Å². The molecular formula is C22H27N5O2. The number of ether oxygens (including phenoxy) is 1. The highest BCUT2D eigenvalue weighted by Crippen LogP contribution is 2.39. The molecule has 5 N–H and O–H groups in total. The zero-order chi connectivity index (χ0) is 19.8. The van der Waals surface area contributed by atoms with E-state index in [0.717, 1.165) is 29.8 Å². The fourth-order valence-corrected chi connectivity index (χ4v) is 4.76. The molecular weight excluding hydrogens is 366 g/mol. The SMILES string of the molecule is COc1ccc(CNC2NNC3CC(c4ccc5oc(N)nc5c4)CCC32)cc1. The number of hydrogen-bond acceptors (Lipinski definition) is 7. The lowest BCUT2D eigenvalue weighted by Gasteiger charge is -2.33. The maximum atomic E-state index is 5.68. The van der Waals surface area contributed by atoms with Crippen LogP contribution in [0.3, 0.4) is 0 Å². The molecule has 1 saturated carbocycles. The molecule has 0 spiro atoms. The summed E-state index contributed by atoms with van der Waals surface area (Å²) in [5.41, 5.74) is 16.8. The Kier molecular flexibility index (Phi) is 4.87. The van der Waals surface area contributed by atoms with Crippen LogP contribution in [-0.4, -0.2) is 24.3 Å². The van der Waals surface area contributed by atoms with Crippen LogP contribution in [0.15, 0.2) is 46.9 Å². The standard InChI is InChI=1S/C22H27N5O2/c1-28-16-6-2-13(3-7-16)12-24-21-17-8-4-14(10-18(17)26-27-21)15-5-9-20-19(11-15)25-22(23)29-20/h2-3,5-7,9,11,14,17-18,21,24,26-27H,4,8,10,12H2,1H3,(H2,23,25). The van der Waals surface area contributed by atoms with Crippen molar-refractivity contribution >= 4 is 17.1 Å². The van der Waals surface area contributed by atoms with Gasteiger partial charge in [0, 0.05) is 18.5 Å². The van der Waals surface area contributed by atoms with E-state index in [1.54, 1.807) is 7.11 Å². The topological polar surface area (TPSA) is 97.4 Å². The van der Waals surface area contributed by atoms with E-state index in [9.17, 15) is 0 Å². The molecule has 2 aliphatic rings. The van der Waals surface area contributed by atoms with Gasteiger partial charge in [-0.1, -0.05) is 18.2 Å². The fraction of sp³-hybridized carbons (Fsp3) is 0.409. The number of rotatable bonds is 5. The van der Waals surface area contributed by atoms with Gasteiger partial charge in [-0.15, -0.1) is 0 Å². The second-order valence-corrected chi connectivity index (χ2v) is 8.05. The molecule has 7 heteroatoms. The van der Waals surface area contributed by atoms with Crippen LogP contribution < -0.4 is 26.6 Å². The molecule has 7 nitrogen and oxygen atoms in total. The number of oxazole rings is 1.